The summed E-state index contributed by atoms with van der Waals surface area (Å²) in [5, 5.41) is 16.1. The lowest BCUT2D eigenvalue weighted by Crippen LogP contribution is -2.42. The smallest absolute Gasteiger partial charge is 0.321 e. The third kappa shape index (κ3) is 5.01. The second-order valence-electron chi connectivity index (χ2n) is 4.97. The molecule has 0 saturated carbocycles. The first-order chi connectivity index (χ1) is 9.43. The molecular weight excluding hydrogens is 256 g/mol. The molecule has 0 aliphatic carbocycles. The highest BCUT2D eigenvalue weighted by molar-refractivity contribution is 5.98. The van der Waals surface area contributed by atoms with Crippen LogP contribution in [-0.2, 0) is 16.1 Å². The molecule has 2 N–H and O–H groups in total. The average Bonchev–Trinajstić information content (AvgIpc) is 2.38. The molecule has 1 aromatic carbocycles. The number of nitrogens with zero attached hydrogens (tertiary/aromatic N) is 1. The Kier molecular flexibility index (Phi) is 6.18. The van der Waals surface area contributed by atoms with E-state index in [1.807, 2.05) is 45.0 Å². The third-order valence-corrected chi connectivity index (χ3v) is 2.87. The number of carboxylic acids is 1. The standard InChI is InChI=1S/C15H22N2O3/c1-10(2)16-14(15(18)19)9-12-5-7-13(8-6-12)11(3)17-20-4/h5-8,10,14,16H,9H2,1-4H3,(H,18,19)/b17-11-. The van der Waals surface area contributed by atoms with Gasteiger partial charge in [0.05, 0.1) is 5.71 Å². The topological polar surface area (TPSA) is 70.9 Å². The van der Waals surface area contributed by atoms with E-state index >= 15 is 0 Å². The first-order valence-electron chi connectivity index (χ1n) is 6.60. The van der Waals surface area contributed by atoms with E-state index in [0.29, 0.717) is 6.42 Å². The molecule has 1 unspecified atom stereocenters. The molecule has 1 rings (SSSR count). The summed E-state index contributed by atoms with van der Waals surface area (Å²) < 4.78 is 0. The van der Waals surface area contributed by atoms with Crippen molar-refractivity contribution in [1.82, 2.24) is 5.32 Å². The summed E-state index contributed by atoms with van der Waals surface area (Å²) in [6.45, 7) is 5.73. The largest absolute Gasteiger partial charge is 0.480 e. The fourth-order valence-electron chi connectivity index (χ4n) is 1.93. The molecule has 5 heteroatoms. The highest BCUT2D eigenvalue weighted by Gasteiger charge is 2.18. The predicted molar refractivity (Wildman–Crippen MR) is 79.1 cm³/mol. The predicted octanol–water partition coefficient (Wildman–Crippen LogP) is 2.05. The van der Waals surface area contributed by atoms with Gasteiger partial charge in [-0.2, -0.15) is 0 Å². The van der Waals surface area contributed by atoms with Crippen molar-refractivity contribution in [2.75, 3.05) is 7.11 Å². The molecule has 0 radical (unpaired) electrons. The molecule has 20 heavy (non-hydrogen) atoms. The number of benzene rings is 1. The van der Waals surface area contributed by atoms with Gasteiger partial charge in [-0.3, -0.25) is 4.79 Å². The lowest BCUT2D eigenvalue weighted by Gasteiger charge is -2.17. The van der Waals surface area contributed by atoms with Crippen LogP contribution in [0.3, 0.4) is 0 Å². The monoisotopic (exact) mass is 278 g/mol. The first kappa shape index (κ1) is 16.2. The van der Waals surface area contributed by atoms with Gasteiger partial charge in [-0.25, -0.2) is 0 Å². The average molecular weight is 278 g/mol. The minimum absolute atomic E-state index is 0.131. The van der Waals surface area contributed by atoms with Crippen molar-refractivity contribution in [3.05, 3.63) is 35.4 Å². The van der Waals surface area contributed by atoms with Crippen molar-refractivity contribution in [3.63, 3.8) is 0 Å². The van der Waals surface area contributed by atoms with E-state index in [-0.39, 0.29) is 6.04 Å². The van der Waals surface area contributed by atoms with Gasteiger partial charge in [0.2, 0.25) is 0 Å². The van der Waals surface area contributed by atoms with Crippen LogP contribution in [0, 0.1) is 0 Å². The summed E-state index contributed by atoms with van der Waals surface area (Å²) in [6, 6.07) is 7.23. The Morgan fingerprint density at radius 1 is 1.35 bits per heavy atom. The summed E-state index contributed by atoms with van der Waals surface area (Å²) >= 11 is 0. The van der Waals surface area contributed by atoms with Gasteiger partial charge in [0.1, 0.15) is 13.2 Å². The molecule has 0 aliphatic rings. The molecule has 1 atom stereocenters. The van der Waals surface area contributed by atoms with Gasteiger partial charge in [-0.1, -0.05) is 43.3 Å². The molecule has 0 bridgehead atoms. The minimum Gasteiger partial charge on any atom is -0.480 e. The van der Waals surface area contributed by atoms with Crippen LogP contribution in [0.15, 0.2) is 29.4 Å². The summed E-state index contributed by atoms with van der Waals surface area (Å²) in [5.74, 6) is -0.833. The van der Waals surface area contributed by atoms with Gasteiger partial charge in [0.15, 0.2) is 0 Å². The Hall–Kier alpha value is -1.88. The van der Waals surface area contributed by atoms with E-state index < -0.39 is 12.0 Å². The van der Waals surface area contributed by atoms with Crippen LogP contribution in [0.5, 0.6) is 0 Å². The van der Waals surface area contributed by atoms with E-state index in [0.717, 1.165) is 16.8 Å². The molecule has 0 amide bonds. The van der Waals surface area contributed by atoms with Crippen molar-refractivity contribution >= 4 is 11.7 Å². The molecule has 0 aliphatic heterocycles. The highest BCUT2D eigenvalue weighted by Crippen LogP contribution is 2.09. The third-order valence-electron chi connectivity index (χ3n) is 2.87. The van der Waals surface area contributed by atoms with Crippen molar-refractivity contribution in [1.29, 1.82) is 0 Å². The van der Waals surface area contributed by atoms with Gasteiger partial charge >= 0.3 is 5.97 Å². The molecule has 0 fully saturated rings. The van der Waals surface area contributed by atoms with E-state index in [2.05, 4.69) is 10.5 Å². The Balaban J connectivity index is 2.77. The summed E-state index contributed by atoms with van der Waals surface area (Å²) in [6.07, 6.45) is 0.453. The number of aliphatic carboxylic acids is 1. The fourth-order valence-corrected chi connectivity index (χ4v) is 1.93. The van der Waals surface area contributed by atoms with Crippen LogP contribution in [0.4, 0.5) is 0 Å². The minimum atomic E-state index is -0.833. The zero-order valence-electron chi connectivity index (χ0n) is 12.4. The van der Waals surface area contributed by atoms with Crippen molar-refractivity contribution in [3.8, 4) is 0 Å². The fraction of sp³-hybridized carbons (Fsp3) is 0.467. The van der Waals surface area contributed by atoms with Crippen molar-refractivity contribution in [2.45, 2.75) is 39.3 Å². The lowest BCUT2D eigenvalue weighted by molar-refractivity contribution is -0.139. The molecule has 5 nitrogen and oxygen atoms in total. The number of hydrogen-bond acceptors (Lipinski definition) is 4. The van der Waals surface area contributed by atoms with Gasteiger partial charge in [-0.05, 0) is 24.5 Å². The number of oxime groups is 1. The number of carbonyl (C=O) groups is 1. The lowest BCUT2D eigenvalue weighted by atomic mass is 10.0. The second-order valence-corrected chi connectivity index (χ2v) is 4.97. The van der Waals surface area contributed by atoms with E-state index in [4.69, 9.17) is 4.84 Å². The molecule has 0 aromatic heterocycles. The molecule has 1 aromatic rings. The highest BCUT2D eigenvalue weighted by atomic mass is 16.6. The summed E-state index contributed by atoms with van der Waals surface area (Å²) in [4.78, 5) is 15.9. The number of carboxylic acid groups (broad SMARTS) is 1. The van der Waals surface area contributed by atoms with Gasteiger partial charge in [0, 0.05) is 6.04 Å². The van der Waals surface area contributed by atoms with Gasteiger partial charge in [-0.15, -0.1) is 0 Å². The molecule has 0 spiro atoms. The van der Waals surface area contributed by atoms with Crippen LogP contribution >= 0.6 is 0 Å². The van der Waals surface area contributed by atoms with Crippen LogP contribution in [0.25, 0.3) is 0 Å². The summed E-state index contributed by atoms with van der Waals surface area (Å²) in [7, 11) is 1.51. The van der Waals surface area contributed by atoms with E-state index in [9.17, 15) is 9.90 Å². The molecule has 0 saturated heterocycles. The Morgan fingerprint density at radius 2 is 1.95 bits per heavy atom. The number of rotatable bonds is 7. The quantitative estimate of drug-likeness (QED) is 0.591. The normalized spacial score (nSPS) is 13.3. The Morgan fingerprint density at radius 3 is 2.40 bits per heavy atom. The molecular formula is C15H22N2O3. The van der Waals surface area contributed by atoms with Crippen LogP contribution in [0.1, 0.15) is 31.9 Å². The van der Waals surface area contributed by atoms with Crippen molar-refractivity contribution < 1.29 is 14.7 Å². The zero-order chi connectivity index (χ0) is 15.1. The SMILES string of the molecule is CO/N=C(/C)c1ccc(CC(NC(C)C)C(=O)O)cc1. The number of nitrogens with one attached hydrogen (secondary N) is 1. The molecule has 0 heterocycles. The van der Waals surface area contributed by atoms with Crippen molar-refractivity contribution in [2.24, 2.45) is 5.16 Å². The van der Waals surface area contributed by atoms with Gasteiger partial charge in [0.25, 0.3) is 0 Å². The maximum absolute atomic E-state index is 11.2. The Bertz CT molecular complexity index is 467. The zero-order valence-corrected chi connectivity index (χ0v) is 12.4. The molecule has 110 valence electrons. The Labute approximate surface area is 119 Å². The van der Waals surface area contributed by atoms with Crippen LogP contribution in [-0.4, -0.2) is 36.0 Å². The van der Waals surface area contributed by atoms with Crippen LogP contribution in [0.2, 0.25) is 0 Å². The number of hydrogen-bond donors (Lipinski definition) is 2. The second kappa shape index (κ2) is 7.65. The van der Waals surface area contributed by atoms with Crippen LogP contribution < -0.4 is 5.32 Å². The maximum Gasteiger partial charge on any atom is 0.321 e. The summed E-state index contributed by atoms with van der Waals surface area (Å²) in [5.41, 5.74) is 2.72. The van der Waals surface area contributed by atoms with Gasteiger partial charge < -0.3 is 15.3 Å². The van der Waals surface area contributed by atoms with E-state index in [1.54, 1.807) is 0 Å². The maximum atomic E-state index is 11.2. The van der Waals surface area contributed by atoms with E-state index in [1.165, 1.54) is 7.11 Å². The first-order valence-corrected chi connectivity index (χ1v) is 6.60.